The van der Waals surface area contributed by atoms with E-state index in [0.29, 0.717) is 19.6 Å². The third kappa shape index (κ3) is 3.73. The van der Waals surface area contributed by atoms with Gasteiger partial charge in [-0.15, -0.1) is 0 Å². The monoisotopic (exact) mass is 346 g/mol. The zero-order valence-corrected chi connectivity index (χ0v) is 14.6. The summed E-state index contributed by atoms with van der Waals surface area (Å²) < 4.78 is 26.8. The van der Waals surface area contributed by atoms with Crippen LogP contribution in [0.15, 0.2) is 47.8 Å². The van der Waals surface area contributed by atoms with Crippen LogP contribution in [0.1, 0.15) is 24.8 Å². The maximum Gasteiger partial charge on any atom is 0.244 e. The molecule has 1 fully saturated rings. The van der Waals surface area contributed by atoms with Gasteiger partial charge in [0.15, 0.2) is 0 Å². The number of anilines is 1. The van der Waals surface area contributed by atoms with Crippen molar-refractivity contribution in [2.24, 2.45) is 0 Å². The number of hydrogen-bond donors (Lipinski definition) is 0. The number of rotatable bonds is 5. The smallest absolute Gasteiger partial charge is 0.244 e. The molecule has 0 bridgehead atoms. The van der Waals surface area contributed by atoms with Crippen LogP contribution in [0.2, 0.25) is 0 Å². The lowest BCUT2D eigenvalue weighted by atomic mass is 10.2. The Balaban J connectivity index is 1.73. The van der Waals surface area contributed by atoms with E-state index < -0.39 is 10.0 Å². The molecule has 1 saturated heterocycles. The molecule has 3 heterocycles. The Morgan fingerprint density at radius 3 is 2.42 bits per heavy atom. The molecule has 6 nitrogen and oxygen atoms in total. The Labute approximate surface area is 143 Å². The van der Waals surface area contributed by atoms with Gasteiger partial charge in [-0.05, 0) is 42.7 Å². The van der Waals surface area contributed by atoms with Crippen molar-refractivity contribution in [3.8, 4) is 0 Å². The summed E-state index contributed by atoms with van der Waals surface area (Å²) in [5.41, 5.74) is 1.12. The highest BCUT2D eigenvalue weighted by Crippen LogP contribution is 2.21. The Kier molecular flexibility index (Phi) is 5.11. The molecule has 3 rings (SSSR count). The van der Waals surface area contributed by atoms with E-state index in [0.717, 1.165) is 30.6 Å². The van der Waals surface area contributed by atoms with Gasteiger partial charge in [0.25, 0.3) is 0 Å². The predicted molar refractivity (Wildman–Crippen MR) is 93.2 cm³/mol. The van der Waals surface area contributed by atoms with Crippen molar-refractivity contribution in [2.45, 2.75) is 30.7 Å². The molecule has 0 aliphatic carbocycles. The third-order valence-electron chi connectivity index (χ3n) is 4.23. The molecule has 0 unspecified atom stereocenters. The third-order valence-corrected chi connectivity index (χ3v) is 6.12. The van der Waals surface area contributed by atoms with Crippen molar-refractivity contribution >= 4 is 15.8 Å². The van der Waals surface area contributed by atoms with Crippen LogP contribution in [0.5, 0.6) is 0 Å². The molecule has 1 aliphatic heterocycles. The number of aromatic nitrogens is 2. The first kappa shape index (κ1) is 16.9. The first-order chi connectivity index (χ1) is 11.6. The molecule has 0 N–H and O–H groups in total. The normalized spacial score (nSPS) is 16.0. The molecule has 24 heavy (non-hydrogen) atoms. The highest BCUT2D eigenvalue weighted by atomic mass is 32.2. The topological polar surface area (TPSA) is 66.4 Å². The lowest BCUT2D eigenvalue weighted by molar-refractivity contribution is 0.346. The van der Waals surface area contributed by atoms with E-state index in [1.807, 2.05) is 24.1 Å². The maximum absolute atomic E-state index is 12.6. The summed E-state index contributed by atoms with van der Waals surface area (Å²) in [5.74, 6) is 0.740. The summed E-state index contributed by atoms with van der Waals surface area (Å²) in [6.07, 6.45) is 7.93. The van der Waals surface area contributed by atoms with Crippen molar-refractivity contribution in [3.63, 3.8) is 0 Å². The summed E-state index contributed by atoms with van der Waals surface area (Å²) in [4.78, 5) is 10.6. The fraction of sp³-hybridized carbons (Fsp3) is 0.412. The number of piperidine rings is 1. The summed E-state index contributed by atoms with van der Waals surface area (Å²) in [7, 11) is -1.49. The van der Waals surface area contributed by atoms with Gasteiger partial charge >= 0.3 is 0 Å². The van der Waals surface area contributed by atoms with Crippen molar-refractivity contribution in [2.75, 3.05) is 25.0 Å². The van der Waals surface area contributed by atoms with E-state index >= 15 is 0 Å². The number of nitrogens with zero attached hydrogens (tertiary/aromatic N) is 4. The van der Waals surface area contributed by atoms with Crippen molar-refractivity contribution in [1.82, 2.24) is 14.3 Å². The van der Waals surface area contributed by atoms with Gasteiger partial charge in [0, 0.05) is 45.3 Å². The number of sulfonamides is 1. The Morgan fingerprint density at radius 1 is 1.08 bits per heavy atom. The average Bonchev–Trinajstić information content (AvgIpc) is 2.63. The van der Waals surface area contributed by atoms with Gasteiger partial charge in [-0.3, -0.25) is 4.98 Å². The highest BCUT2D eigenvalue weighted by molar-refractivity contribution is 7.89. The summed E-state index contributed by atoms with van der Waals surface area (Å²) >= 11 is 0. The second-order valence-electron chi connectivity index (χ2n) is 6.03. The fourth-order valence-electron chi connectivity index (χ4n) is 2.85. The zero-order chi connectivity index (χ0) is 17.0. The molecule has 128 valence electrons. The summed E-state index contributed by atoms with van der Waals surface area (Å²) in [6.45, 7) is 1.89. The van der Waals surface area contributed by atoms with E-state index in [2.05, 4.69) is 9.97 Å². The molecule has 0 spiro atoms. The molecule has 0 aromatic carbocycles. The highest BCUT2D eigenvalue weighted by Gasteiger charge is 2.26. The largest absolute Gasteiger partial charge is 0.355 e. The van der Waals surface area contributed by atoms with Crippen molar-refractivity contribution in [1.29, 1.82) is 0 Å². The van der Waals surface area contributed by atoms with Gasteiger partial charge in [0.05, 0.1) is 0 Å². The number of hydrogen-bond acceptors (Lipinski definition) is 5. The van der Waals surface area contributed by atoms with Gasteiger partial charge in [-0.25, -0.2) is 13.4 Å². The van der Waals surface area contributed by atoms with E-state index in [9.17, 15) is 8.42 Å². The van der Waals surface area contributed by atoms with Gasteiger partial charge in [-0.1, -0.05) is 6.42 Å². The van der Waals surface area contributed by atoms with Crippen LogP contribution in [0.3, 0.4) is 0 Å². The van der Waals surface area contributed by atoms with E-state index in [4.69, 9.17) is 0 Å². The first-order valence-electron chi connectivity index (χ1n) is 8.13. The molecule has 0 radical (unpaired) electrons. The van der Waals surface area contributed by atoms with Crippen molar-refractivity contribution < 1.29 is 8.42 Å². The van der Waals surface area contributed by atoms with E-state index in [1.165, 1.54) is 6.20 Å². The van der Waals surface area contributed by atoms with Crippen LogP contribution in [0, 0.1) is 0 Å². The molecular weight excluding hydrogens is 324 g/mol. The minimum atomic E-state index is -3.42. The molecule has 7 heteroatoms. The Hall–Kier alpha value is -1.99. The predicted octanol–water partition coefficient (Wildman–Crippen LogP) is 2.29. The summed E-state index contributed by atoms with van der Waals surface area (Å²) in [6, 6.07) is 7.31. The van der Waals surface area contributed by atoms with Gasteiger partial charge in [0.1, 0.15) is 10.7 Å². The Morgan fingerprint density at radius 2 is 1.79 bits per heavy atom. The fourth-order valence-corrected chi connectivity index (χ4v) is 4.31. The quantitative estimate of drug-likeness (QED) is 0.831. The molecule has 2 aromatic rings. The van der Waals surface area contributed by atoms with Gasteiger partial charge in [0.2, 0.25) is 10.0 Å². The molecule has 0 amide bonds. The zero-order valence-electron chi connectivity index (χ0n) is 13.8. The molecular formula is C17H22N4O2S. The van der Waals surface area contributed by atoms with E-state index in [-0.39, 0.29) is 4.90 Å². The maximum atomic E-state index is 12.6. The number of pyridine rings is 2. The van der Waals surface area contributed by atoms with Crippen LogP contribution in [0.25, 0.3) is 0 Å². The second-order valence-corrected chi connectivity index (χ2v) is 7.97. The average molecular weight is 346 g/mol. The lowest BCUT2D eigenvalue weighted by Gasteiger charge is -2.26. The standard InChI is InChI=1S/C17H22N4O2S/c1-20(14-15-7-9-18-10-8-15)17-6-5-16(13-19-17)24(22,23)21-11-3-2-4-12-21/h5-10,13H,2-4,11-12,14H2,1H3. The molecule has 0 atom stereocenters. The van der Waals surface area contributed by atoms with Crippen LogP contribution >= 0.6 is 0 Å². The minimum absolute atomic E-state index is 0.269. The SMILES string of the molecule is CN(Cc1ccncc1)c1ccc(S(=O)(=O)N2CCCCC2)cn1. The van der Waals surface area contributed by atoms with E-state index in [1.54, 1.807) is 28.8 Å². The first-order valence-corrected chi connectivity index (χ1v) is 9.57. The lowest BCUT2D eigenvalue weighted by Crippen LogP contribution is -2.35. The minimum Gasteiger partial charge on any atom is -0.355 e. The molecule has 0 saturated carbocycles. The van der Waals surface area contributed by atoms with Gasteiger partial charge < -0.3 is 4.90 Å². The molecule has 2 aromatic heterocycles. The van der Waals surface area contributed by atoms with Crippen molar-refractivity contribution in [3.05, 3.63) is 48.4 Å². The second kappa shape index (κ2) is 7.27. The molecule has 1 aliphatic rings. The van der Waals surface area contributed by atoms with Crippen LogP contribution in [0.4, 0.5) is 5.82 Å². The Bertz CT molecular complexity index is 757. The van der Waals surface area contributed by atoms with Gasteiger partial charge in [-0.2, -0.15) is 4.31 Å². The summed E-state index contributed by atoms with van der Waals surface area (Å²) in [5, 5.41) is 0. The van der Waals surface area contributed by atoms with Crippen LogP contribution in [-0.2, 0) is 16.6 Å². The van der Waals surface area contributed by atoms with Crippen LogP contribution < -0.4 is 4.90 Å². The van der Waals surface area contributed by atoms with Crippen LogP contribution in [-0.4, -0.2) is 42.8 Å².